The Morgan fingerprint density at radius 3 is 2.82 bits per heavy atom. The van der Waals surface area contributed by atoms with Gasteiger partial charge in [0.15, 0.2) is 0 Å². The Morgan fingerprint density at radius 1 is 1.12 bits per heavy atom. The summed E-state index contributed by atoms with van der Waals surface area (Å²) in [7, 11) is 0. The fourth-order valence-electron chi connectivity index (χ4n) is 3.78. The molecule has 1 amide bonds. The normalized spacial score (nSPS) is 11.1. The number of aromatic nitrogens is 2. The summed E-state index contributed by atoms with van der Waals surface area (Å²) in [5.74, 6) is 1.92. The number of carbonyl (C=O) groups excluding carboxylic acids is 1. The monoisotopic (exact) mass is 481 g/mol. The molecule has 5 nitrogen and oxygen atoms in total. The SMILES string of the molecule is Cc1cc(OCCCCn2c(CCCNC(=O)c3cccs3)nc3ccccc32)ccc1Cl. The van der Waals surface area contributed by atoms with Crippen LogP contribution in [0.15, 0.2) is 60.0 Å². The van der Waals surface area contributed by atoms with Crippen molar-refractivity contribution in [1.82, 2.24) is 14.9 Å². The van der Waals surface area contributed by atoms with E-state index in [4.69, 9.17) is 21.3 Å². The van der Waals surface area contributed by atoms with Gasteiger partial charge < -0.3 is 14.6 Å². The number of nitrogens with one attached hydrogen (secondary N) is 1. The van der Waals surface area contributed by atoms with Crippen LogP contribution in [0.1, 0.15) is 40.3 Å². The molecule has 4 aromatic rings. The highest BCUT2D eigenvalue weighted by Crippen LogP contribution is 2.22. The summed E-state index contributed by atoms with van der Waals surface area (Å²) in [6, 6.07) is 17.7. The Hall–Kier alpha value is -2.83. The lowest BCUT2D eigenvalue weighted by Crippen LogP contribution is -2.24. The number of benzene rings is 2. The number of thiophene rings is 1. The van der Waals surface area contributed by atoms with Gasteiger partial charge in [-0.15, -0.1) is 11.3 Å². The molecule has 0 radical (unpaired) electrons. The van der Waals surface area contributed by atoms with Gasteiger partial charge in [-0.3, -0.25) is 4.79 Å². The van der Waals surface area contributed by atoms with Crippen LogP contribution in [0.4, 0.5) is 0 Å². The molecule has 0 atom stereocenters. The molecule has 0 fully saturated rings. The van der Waals surface area contributed by atoms with Crippen LogP contribution < -0.4 is 10.1 Å². The number of fused-ring (bicyclic) bond motifs is 1. The first-order valence-electron chi connectivity index (χ1n) is 11.3. The summed E-state index contributed by atoms with van der Waals surface area (Å²) >= 11 is 7.54. The molecule has 0 aliphatic carbocycles. The summed E-state index contributed by atoms with van der Waals surface area (Å²) in [5.41, 5.74) is 3.20. The fourth-order valence-corrected chi connectivity index (χ4v) is 4.54. The quantitative estimate of drug-likeness (QED) is 0.256. The van der Waals surface area contributed by atoms with E-state index in [2.05, 4.69) is 28.1 Å². The zero-order valence-electron chi connectivity index (χ0n) is 18.7. The molecule has 1 N–H and O–H groups in total. The number of rotatable bonds is 11. The van der Waals surface area contributed by atoms with Gasteiger partial charge in [-0.2, -0.15) is 0 Å². The fraction of sp³-hybridized carbons (Fsp3) is 0.308. The van der Waals surface area contributed by atoms with Crippen molar-refractivity contribution in [2.45, 2.75) is 39.2 Å². The molecule has 0 aliphatic heterocycles. The summed E-state index contributed by atoms with van der Waals surface area (Å²) in [6.45, 7) is 4.17. The molecule has 2 heterocycles. The number of nitrogens with zero attached hydrogens (tertiary/aromatic N) is 2. The number of hydrogen-bond acceptors (Lipinski definition) is 4. The number of imidazole rings is 1. The van der Waals surface area contributed by atoms with Gasteiger partial charge in [0.05, 0.1) is 22.5 Å². The second-order valence-corrected chi connectivity index (χ2v) is 9.33. The summed E-state index contributed by atoms with van der Waals surface area (Å²) in [4.78, 5) is 17.7. The van der Waals surface area contributed by atoms with Crippen LogP contribution >= 0.6 is 22.9 Å². The number of carbonyl (C=O) groups is 1. The number of hydrogen-bond donors (Lipinski definition) is 1. The predicted molar refractivity (Wildman–Crippen MR) is 136 cm³/mol. The van der Waals surface area contributed by atoms with E-state index in [1.807, 2.05) is 48.7 Å². The van der Waals surface area contributed by atoms with Crippen LogP contribution in [0.2, 0.25) is 5.02 Å². The maximum atomic E-state index is 12.1. The lowest BCUT2D eigenvalue weighted by atomic mass is 10.2. The molecule has 0 saturated carbocycles. The highest BCUT2D eigenvalue weighted by molar-refractivity contribution is 7.12. The minimum atomic E-state index is -0.00520. The number of ether oxygens (including phenoxy) is 1. The van der Waals surface area contributed by atoms with Crippen LogP contribution in [0.5, 0.6) is 5.75 Å². The molecule has 4 rings (SSSR count). The molecule has 0 unspecified atom stereocenters. The lowest BCUT2D eigenvalue weighted by Gasteiger charge is -2.11. The third-order valence-corrected chi connectivity index (χ3v) is 6.81. The van der Waals surface area contributed by atoms with E-state index in [9.17, 15) is 4.79 Å². The average Bonchev–Trinajstić information content (AvgIpc) is 3.47. The maximum absolute atomic E-state index is 12.1. The van der Waals surface area contributed by atoms with Crippen molar-refractivity contribution in [3.63, 3.8) is 0 Å². The van der Waals surface area contributed by atoms with Crippen LogP contribution in [0.25, 0.3) is 11.0 Å². The molecule has 7 heteroatoms. The number of para-hydroxylation sites is 2. The van der Waals surface area contributed by atoms with Gasteiger partial charge in [0, 0.05) is 24.5 Å². The first-order valence-corrected chi connectivity index (χ1v) is 12.5. The minimum Gasteiger partial charge on any atom is -0.494 e. The van der Waals surface area contributed by atoms with Crippen molar-refractivity contribution in [3.8, 4) is 5.75 Å². The van der Waals surface area contributed by atoms with Gasteiger partial charge in [-0.1, -0.05) is 29.8 Å². The van der Waals surface area contributed by atoms with E-state index >= 15 is 0 Å². The zero-order valence-corrected chi connectivity index (χ0v) is 20.3. The van der Waals surface area contributed by atoms with Crippen molar-refractivity contribution in [3.05, 3.63) is 81.3 Å². The molecule has 33 heavy (non-hydrogen) atoms. The van der Waals surface area contributed by atoms with Crippen molar-refractivity contribution in [2.24, 2.45) is 0 Å². The second kappa shape index (κ2) is 11.3. The van der Waals surface area contributed by atoms with Crippen LogP contribution in [-0.2, 0) is 13.0 Å². The van der Waals surface area contributed by atoms with Crippen molar-refractivity contribution >= 4 is 39.9 Å². The zero-order chi connectivity index (χ0) is 23.0. The molecule has 2 aromatic carbocycles. The van der Waals surface area contributed by atoms with E-state index in [0.29, 0.717) is 13.2 Å². The van der Waals surface area contributed by atoms with E-state index in [0.717, 1.165) is 70.3 Å². The van der Waals surface area contributed by atoms with Crippen LogP contribution in [-0.4, -0.2) is 28.6 Å². The second-order valence-electron chi connectivity index (χ2n) is 7.97. The number of unbranched alkanes of at least 4 members (excludes halogenated alkanes) is 1. The average molecular weight is 482 g/mol. The number of amides is 1. The Bertz CT molecular complexity index is 1200. The topological polar surface area (TPSA) is 56.1 Å². The van der Waals surface area contributed by atoms with Gasteiger partial charge in [0.25, 0.3) is 5.91 Å². The van der Waals surface area contributed by atoms with E-state index in [1.54, 1.807) is 0 Å². The largest absolute Gasteiger partial charge is 0.494 e. The van der Waals surface area contributed by atoms with Crippen molar-refractivity contribution in [2.75, 3.05) is 13.2 Å². The van der Waals surface area contributed by atoms with Gasteiger partial charge in [-0.05, 0) is 73.5 Å². The maximum Gasteiger partial charge on any atom is 0.261 e. The minimum absolute atomic E-state index is 0.00520. The van der Waals surface area contributed by atoms with Gasteiger partial charge in [0.1, 0.15) is 11.6 Å². The van der Waals surface area contributed by atoms with Gasteiger partial charge in [0.2, 0.25) is 0 Å². The molecular formula is C26H28ClN3O2S. The van der Waals surface area contributed by atoms with Crippen molar-refractivity contribution in [1.29, 1.82) is 0 Å². The smallest absolute Gasteiger partial charge is 0.261 e. The van der Waals surface area contributed by atoms with Gasteiger partial charge >= 0.3 is 0 Å². The third-order valence-electron chi connectivity index (χ3n) is 5.52. The molecule has 0 spiro atoms. The van der Waals surface area contributed by atoms with E-state index < -0.39 is 0 Å². The highest BCUT2D eigenvalue weighted by Gasteiger charge is 2.11. The number of aryl methyl sites for hydroxylation is 3. The molecule has 172 valence electrons. The lowest BCUT2D eigenvalue weighted by molar-refractivity contribution is 0.0957. The standard InChI is InChI=1S/C26H28ClN3O2S/c1-19-18-20(12-13-21(19)27)32-16-5-4-15-30-23-9-3-2-8-22(23)29-25(30)11-6-14-28-26(31)24-10-7-17-33-24/h2-3,7-10,12-13,17-18H,4-6,11,14-16H2,1H3,(H,28,31). The van der Waals surface area contributed by atoms with Crippen molar-refractivity contribution < 1.29 is 9.53 Å². The first kappa shape index (κ1) is 23.3. The summed E-state index contributed by atoms with van der Waals surface area (Å²) in [5, 5.41) is 5.67. The van der Waals surface area contributed by atoms with E-state index in [-0.39, 0.29) is 5.91 Å². The summed E-state index contributed by atoms with van der Waals surface area (Å²) < 4.78 is 8.20. The summed E-state index contributed by atoms with van der Waals surface area (Å²) in [6.07, 6.45) is 3.61. The van der Waals surface area contributed by atoms with Gasteiger partial charge in [-0.25, -0.2) is 4.98 Å². The third kappa shape index (κ3) is 6.15. The Morgan fingerprint density at radius 2 is 2.00 bits per heavy atom. The molecule has 0 saturated heterocycles. The van der Waals surface area contributed by atoms with E-state index in [1.165, 1.54) is 11.3 Å². The highest BCUT2D eigenvalue weighted by atomic mass is 35.5. The molecular weight excluding hydrogens is 454 g/mol. The Kier molecular flexibility index (Phi) is 8.02. The van der Waals surface area contributed by atoms with Crippen LogP contribution in [0, 0.1) is 6.92 Å². The predicted octanol–water partition coefficient (Wildman–Crippen LogP) is 6.28. The molecule has 2 aromatic heterocycles. The first-order chi connectivity index (χ1) is 16.1. The Balaban J connectivity index is 1.29. The Labute approximate surface area is 203 Å². The van der Waals surface area contributed by atoms with Crippen LogP contribution in [0.3, 0.4) is 0 Å². The number of halogens is 1. The molecule has 0 bridgehead atoms. The molecule has 0 aliphatic rings.